The molecule has 3 atom stereocenters. The molecule has 1 saturated carbocycles. The zero-order valence-corrected chi connectivity index (χ0v) is 12.4. The monoisotopic (exact) mass is 284 g/mol. The summed E-state index contributed by atoms with van der Waals surface area (Å²) in [5.74, 6) is -0.919. The number of nitrogens with one attached hydrogen (secondary N) is 1. The number of hydrogen-bond donors (Lipinski definition) is 2. The van der Waals surface area contributed by atoms with Crippen LogP contribution >= 0.6 is 0 Å². The number of rotatable bonds is 4. The van der Waals surface area contributed by atoms with Crippen LogP contribution in [0.15, 0.2) is 0 Å². The Morgan fingerprint density at radius 1 is 1.45 bits per heavy atom. The van der Waals surface area contributed by atoms with Crippen molar-refractivity contribution in [3.63, 3.8) is 0 Å². The van der Waals surface area contributed by atoms with E-state index in [0.29, 0.717) is 19.6 Å². The fourth-order valence-electron chi connectivity index (χ4n) is 3.11. The number of carbonyl (C=O) groups is 2. The summed E-state index contributed by atoms with van der Waals surface area (Å²) in [7, 11) is 0. The minimum absolute atomic E-state index is 0.0431. The lowest BCUT2D eigenvalue weighted by atomic mass is 9.64. The van der Waals surface area contributed by atoms with Crippen LogP contribution in [0, 0.1) is 5.41 Å². The predicted octanol–water partition coefficient (Wildman–Crippen LogP) is 1.45. The molecule has 6 heteroatoms. The summed E-state index contributed by atoms with van der Waals surface area (Å²) in [6, 6.07) is -0.898. The van der Waals surface area contributed by atoms with Crippen molar-refractivity contribution in [1.29, 1.82) is 0 Å². The third-order valence-electron chi connectivity index (χ3n) is 4.64. The summed E-state index contributed by atoms with van der Waals surface area (Å²) >= 11 is 0. The third kappa shape index (κ3) is 2.61. The number of aliphatic carboxylic acids is 1. The molecular weight excluding hydrogens is 260 g/mol. The van der Waals surface area contributed by atoms with Crippen LogP contribution in [0.1, 0.15) is 40.0 Å². The largest absolute Gasteiger partial charge is 0.480 e. The van der Waals surface area contributed by atoms with Crippen LogP contribution < -0.4 is 5.32 Å². The number of carbonyl (C=O) groups excluding carboxylic acids is 1. The van der Waals surface area contributed by atoms with Gasteiger partial charge in [-0.05, 0) is 26.2 Å². The average molecular weight is 284 g/mol. The van der Waals surface area contributed by atoms with Gasteiger partial charge in [-0.3, -0.25) is 0 Å². The topological polar surface area (TPSA) is 78.9 Å². The van der Waals surface area contributed by atoms with Gasteiger partial charge in [-0.1, -0.05) is 13.8 Å². The van der Waals surface area contributed by atoms with E-state index >= 15 is 0 Å². The molecule has 1 aliphatic heterocycles. The van der Waals surface area contributed by atoms with Crippen LogP contribution in [0.25, 0.3) is 0 Å². The van der Waals surface area contributed by atoms with Crippen LogP contribution in [-0.2, 0) is 9.53 Å². The molecule has 2 rings (SSSR count). The number of carboxylic acid groups (broad SMARTS) is 1. The summed E-state index contributed by atoms with van der Waals surface area (Å²) in [6.45, 7) is 7.29. The second-order valence-corrected chi connectivity index (χ2v) is 6.19. The number of likely N-dealkylation sites (tertiary alicyclic amines) is 1. The van der Waals surface area contributed by atoms with E-state index in [1.807, 2.05) is 6.92 Å². The van der Waals surface area contributed by atoms with Crippen molar-refractivity contribution in [1.82, 2.24) is 10.2 Å². The number of hydrogen-bond acceptors (Lipinski definition) is 3. The number of urea groups is 1. The predicted molar refractivity (Wildman–Crippen MR) is 73.5 cm³/mol. The summed E-state index contributed by atoms with van der Waals surface area (Å²) in [6.07, 6.45) is 2.24. The summed E-state index contributed by atoms with van der Waals surface area (Å²) in [4.78, 5) is 24.8. The Balaban J connectivity index is 1.91. The average Bonchev–Trinajstić information content (AvgIpc) is 2.86. The highest BCUT2D eigenvalue weighted by Gasteiger charge is 2.50. The van der Waals surface area contributed by atoms with Crippen molar-refractivity contribution in [2.45, 2.75) is 58.2 Å². The van der Waals surface area contributed by atoms with Gasteiger partial charge < -0.3 is 20.1 Å². The lowest BCUT2D eigenvalue weighted by molar-refractivity contribution is -0.141. The number of ether oxygens (including phenoxy) is 1. The minimum Gasteiger partial charge on any atom is -0.480 e. The van der Waals surface area contributed by atoms with E-state index in [9.17, 15) is 9.59 Å². The maximum Gasteiger partial charge on any atom is 0.326 e. The first kappa shape index (κ1) is 15.1. The van der Waals surface area contributed by atoms with Crippen molar-refractivity contribution in [2.75, 3.05) is 13.2 Å². The fourth-order valence-corrected chi connectivity index (χ4v) is 3.11. The zero-order valence-electron chi connectivity index (χ0n) is 12.4. The second kappa shape index (κ2) is 5.60. The Morgan fingerprint density at radius 2 is 2.15 bits per heavy atom. The first-order valence-corrected chi connectivity index (χ1v) is 7.29. The molecular formula is C14H24N2O4. The molecule has 2 N–H and O–H groups in total. The van der Waals surface area contributed by atoms with E-state index in [4.69, 9.17) is 9.84 Å². The second-order valence-electron chi connectivity index (χ2n) is 6.19. The van der Waals surface area contributed by atoms with Gasteiger partial charge in [0.15, 0.2) is 0 Å². The van der Waals surface area contributed by atoms with Crippen molar-refractivity contribution >= 4 is 12.0 Å². The van der Waals surface area contributed by atoms with Crippen LogP contribution in [0.2, 0.25) is 0 Å². The lowest BCUT2D eigenvalue weighted by Gasteiger charge is -2.51. The van der Waals surface area contributed by atoms with Crippen LogP contribution in [0.4, 0.5) is 4.79 Å². The van der Waals surface area contributed by atoms with Gasteiger partial charge in [0, 0.05) is 24.6 Å². The smallest absolute Gasteiger partial charge is 0.326 e. The molecule has 2 fully saturated rings. The van der Waals surface area contributed by atoms with E-state index in [1.54, 1.807) is 0 Å². The Kier molecular flexibility index (Phi) is 4.22. The van der Waals surface area contributed by atoms with Gasteiger partial charge in [-0.2, -0.15) is 0 Å². The molecule has 114 valence electrons. The first-order valence-electron chi connectivity index (χ1n) is 7.29. The highest BCUT2D eigenvalue weighted by atomic mass is 16.5. The molecule has 0 aromatic heterocycles. The molecule has 2 aliphatic rings. The standard InChI is InChI=1S/C14H24N2O4/c1-4-20-11-8-10(14(11,2)3)15-13(19)16-7-5-6-9(16)12(17)18/h9-11H,4-8H2,1-3H3,(H,15,19)(H,17,18). The molecule has 2 amide bonds. The summed E-state index contributed by atoms with van der Waals surface area (Å²) in [5, 5.41) is 12.1. The number of carboxylic acids is 1. The first-order chi connectivity index (χ1) is 9.37. The minimum atomic E-state index is -0.919. The molecule has 0 radical (unpaired) electrons. The maximum atomic E-state index is 12.2. The van der Waals surface area contributed by atoms with Gasteiger partial charge in [0.25, 0.3) is 0 Å². The number of nitrogens with zero attached hydrogens (tertiary/aromatic N) is 1. The SMILES string of the molecule is CCOC1CC(NC(=O)N2CCCC2C(=O)O)C1(C)C. The van der Waals surface area contributed by atoms with E-state index in [0.717, 1.165) is 12.8 Å². The maximum absolute atomic E-state index is 12.2. The Bertz CT molecular complexity index is 397. The van der Waals surface area contributed by atoms with E-state index in [2.05, 4.69) is 19.2 Å². The molecule has 1 heterocycles. The third-order valence-corrected chi connectivity index (χ3v) is 4.64. The fraction of sp³-hybridized carbons (Fsp3) is 0.857. The van der Waals surface area contributed by atoms with E-state index in [1.165, 1.54) is 4.90 Å². The lowest BCUT2D eigenvalue weighted by Crippen LogP contribution is -2.64. The van der Waals surface area contributed by atoms with Gasteiger partial charge in [0.1, 0.15) is 6.04 Å². The molecule has 0 aromatic carbocycles. The zero-order chi connectivity index (χ0) is 14.9. The van der Waals surface area contributed by atoms with Gasteiger partial charge in [0.05, 0.1) is 6.10 Å². The van der Waals surface area contributed by atoms with Gasteiger partial charge in [-0.25, -0.2) is 9.59 Å². The van der Waals surface area contributed by atoms with E-state index < -0.39 is 12.0 Å². The van der Waals surface area contributed by atoms with Crippen molar-refractivity contribution in [3.8, 4) is 0 Å². The highest BCUT2D eigenvalue weighted by molar-refractivity contribution is 5.83. The molecule has 1 saturated heterocycles. The summed E-state index contributed by atoms with van der Waals surface area (Å²) in [5.41, 5.74) is -0.107. The Labute approximate surface area is 119 Å². The van der Waals surface area contributed by atoms with Crippen molar-refractivity contribution in [3.05, 3.63) is 0 Å². The van der Waals surface area contributed by atoms with Crippen molar-refractivity contribution < 1.29 is 19.4 Å². The van der Waals surface area contributed by atoms with Crippen LogP contribution in [0.5, 0.6) is 0 Å². The van der Waals surface area contributed by atoms with Gasteiger partial charge in [-0.15, -0.1) is 0 Å². The molecule has 3 unspecified atom stereocenters. The highest BCUT2D eigenvalue weighted by Crippen LogP contribution is 2.42. The summed E-state index contributed by atoms with van der Waals surface area (Å²) < 4.78 is 5.63. The van der Waals surface area contributed by atoms with Crippen molar-refractivity contribution in [2.24, 2.45) is 5.41 Å². The Morgan fingerprint density at radius 3 is 2.70 bits per heavy atom. The molecule has 0 spiro atoms. The van der Waals surface area contributed by atoms with Gasteiger partial charge in [0.2, 0.25) is 0 Å². The van der Waals surface area contributed by atoms with Crippen LogP contribution in [-0.4, -0.2) is 53.3 Å². The molecule has 20 heavy (non-hydrogen) atoms. The molecule has 1 aliphatic carbocycles. The molecule has 0 bridgehead atoms. The van der Waals surface area contributed by atoms with Crippen LogP contribution in [0.3, 0.4) is 0 Å². The number of amides is 2. The van der Waals surface area contributed by atoms with Gasteiger partial charge >= 0.3 is 12.0 Å². The van der Waals surface area contributed by atoms with E-state index in [-0.39, 0.29) is 23.6 Å². The quantitative estimate of drug-likeness (QED) is 0.819. The Hall–Kier alpha value is -1.30. The normalized spacial score (nSPS) is 31.8. The molecule has 0 aromatic rings. The molecule has 6 nitrogen and oxygen atoms in total.